The van der Waals surface area contributed by atoms with Crippen LogP contribution in [0, 0.1) is 13.8 Å². The molecule has 0 saturated heterocycles. The first-order valence-electron chi connectivity index (χ1n) is 17.3. The molecule has 0 nitrogen and oxygen atoms in total. The molecule has 0 aliphatic heterocycles. The molecule has 0 bridgehead atoms. The van der Waals surface area contributed by atoms with Gasteiger partial charge in [0.25, 0.3) is 0 Å². The van der Waals surface area contributed by atoms with E-state index in [0.717, 1.165) is 0 Å². The summed E-state index contributed by atoms with van der Waals surface area (Å²) in [6.45, 7) is 4.33. The van der Waals surface area contributed by atoms with Crippen molar-refractivity contribution in [3.63, 3.8) is 0 Å². The van der Waals surface area contributed by atoms with Crippen LogP contribution in [0.2, 0.25) is 0 Å². The first-order valence-corrected chi connectivity index (χ1v) is 18.9. The fourth-order valence-corrected chi connectivity index (χ4v) is 10.9. The van der Waals surface area contributed by atoms with Crippen LogP contribution < -0.4 is 0 Å². The number of benzene rings is 9. The highest BCUT2D eigenvalue weighted by Crippen LogP contribution is 2.52. The Morgan fingerprint density at radius 1 is 0.320 bits per heavy atom. The molecule has 0 aliphatic rings. The Labute approximate surface area is 297 Å². The summed E-state index contributed by atoms with van der Waals surface area (Å²) in [6.07, 6.45) is 0. The summed E-state index contributed by atoms with van der Waals surface area (Å²) in [7, 11) is 0. The average Bonchev–Trinajstić information content (AvgIpc) is 3.16. The lowest BCUT2D eigenvalue weighted by atomic mass is 9.88. The van der Waals surface area contributed by atoms with Gasteiger partial charge in [-0.1, -0.05) is 132 Å². The van der Waals surface area contributed by atoms with Crippen LogP contribution in [-0.4, -0.2) is 0 Å². The van der Waals surface area contributed by atoms with Crippen LogP contribution in [0.3, 0.4) is 0 Å². The van der Waals surface area contributed by atoms with Gasteiger partial charge in [0.15, 0.2) is 0 Å². The zero-order valence-electron chi connectivity index (χ0n) is 27.7. The highest BCUT2D eigenvalue weighted by atomic mass is 32.1. The van der Waals surface area contributed by atoms with Gasteiger partial charge in [0.1, 0.15) is 0 Å². The van der Waals surface area contributed by atoms with Crippen LogP contribution >= 0.6 is 22.7 Å². The molecule has 0 amide bonds. The fraction of sp³-hybridized carbons (Fsp3) is 0.0417. The maximum absolute atomic E-state index is 2.49. The molecule has 0 fully saturated rings. The van der Waals surface area contributed by atoms with Crippen LogP contribution in [0.4, 0.5) is 0 Å². The quantitative estimate of drug-likeness (QED) is 0.127. The highest BCUT2D eigenvalue weighted by molar-refractivity contribution is 7.26. The summed E-state index contributed by atoms with van der Waals surface area (Å²) in [4.78, 5) is 0. The normalized spacial score (nSPS) is 12.2. The maximum Gasteiger partial charge on any atom is 0.0434 e. The van der Waals surface area contributed by atoms with Crippen LogP contribution in [0.15, 0.2) is 146 Å². The van der Waals surface area contributed by atoms with Crippen molar-refractivity contribution in [1.29, 1.82) is 0 Å². The van der Waals surface area contributed by atoms with E-state index in [9.17, 15) is 0 Å². The molecule has 0 spiro atoms. The summed E-state index contributed by atoms with van der Waals surface area (Å²) in [5.41, 5.74) is 7.67. The van der Waals surface area contributed by atoms with E-state index in [1.807, 2.05) is 22.7 Å². The summed E-state index contributed by atoms with van der Waals surface area (Å²) in [5.74, 6) is 0. The molecule has 234 valence electrons. The van der Waals surface area contributed by atoms with Gasteiger partial charge in [0.2, 0.25) is 0 Å². The maximum atomic E-state index is 2.49. The predicted octanol–water partition coefficient (Wildman–Crippen LogP) is 15.0. The first-order chi connectivity index (χ1) is 24.6. The van der Waals surface area contributed by atoms with E-state index >= 15 is 0 Å². The van der Waals surface area contributed by atoms with Crippen molar-refractivity contribution in [3.8, 4) is 22.3 Å². The van der Waals surface area contributed by atoms with Crippen molar-refractivity contribution in [2.24, 2.45) is 0 Å². The molecule has 50 heavy (non-hydrogen) atoms. The van der Waals surface area contributed by atoms with E-state index < -0.39 is 0 Å². The van der Waals surface area contributed by atoms with Gasteiger partial charge in [-0.05, 0) is 81.9 Å². The van der Waals surface area contributed by atoms with Crippen LogP contribution in [-0.2, 0) is 0 Å². The fourth-order valence-electron chi connectivity index (χ4n) is 8.45. The van der Waals surface area contributed by atoms with Gasteiger partial charge < -0.3 is 0 Å². The topological polar surface area (TPSA) is 0 Å². The molecule has 11 rings (SSSR count). The summed E-state index contributed by atoms with van der Waals surface area (Å²) >= 11 is 3.88. The van der Waals surface area contributed by atoms with Gasteiger partial charge in [-0.3, -0.25) is 0 Å². The molecule has 2 heterocycles. The van der Waals surface area contributed by atoms with Gasteiger partial charge >= 0.3 is 0 Å². The minimum atomic E-state index is 1.26. The van der Waals surface area contributed by atoms with Crippen molar-refractivity contribution in [2.45, 2.75) is 13.8 Å². The molecule has 0 unspecified atom stereocenters. The van der Waals surface area contributed by atoms with Crippen molar-refractivity contribution in [2.75, 3.05) is 0 Å². The lowest BCUT2D eigenvalue weighted by Crippen LogP contribution is -1.91. The predicted molar refractivity (Wildman–Crippen MR) is 223 cm³/mol. The molecule has 9 aromatic carbocycles. The molecular weight excluding hydrogens is 641 g/mol. The Balaban J connectivity index is 1.38. The standard InChI is InChI=1S/C48H30S2/c1-27-17-21-29(22-18-27)37-25-39-43-35-13-7-16-42-46(35)44(36-14-8-15-41(45(36)43)49-47(39)33-11-5-3-9-31(33)37)40-26-38(30-23-19-28(2)20-24-30)32-10-4-6-12-34(32)48(40)50-42/h3-26H,1-2H3. The zero-order chi connectivity index (χ0) is 33.1. The molecule has 2 aromatic heterocycles. The third-order valence-electron chi connectivity index (χ3n) is 10.8. The zero-order valence-corrected chi connectivity index (χ0v) is 29.3. The van der Waals surface area contributed by atoms with E-state index in [-0.39, 0.29) is 0 Å². The molecule has 0 N–H and O–H groups in total. The van der Waals surface area contributed by atoms with E-state index in [4.69, 9.17) is 0 Å². The molecule has 0 atom stereocenters. The lowest BCUT2D eigenvalue weighted by Gasteiger charge is -2.20. The molecule has 0 radical (unpaired) electrons. The van der Waals surface area contributed by atoms with Crippen molar-refractivity contribution >= 4 is 106 Å². The van der Waals surface area contributed by atoms with Crippen molar-refractivity contribution in [3.05, 3.63) is 157 Å². The Kier molecular flexibility index (Phi) is 5.94. The van der Waals surface area contributed by atoms with Crippen LogP contribution in [0.25, 0.3) is 106 Å². The third-order valence-corrected chi connectivity index (χ3v) is 13.2. The van der Waals surface area contributed by atoms with Crippen LogP contribution in [0.5, 0.6) is 0 Å². The number of hydrogen-bond donors (Lipinski definition) is 0. The average molecular weight is 671 g/mol. The van der Waals surface area contributed by atoms with Crippen LogP contribution in [0.1, 0.15) is 11.1 Å². The second kappa shape index (κ2) is 10.5. The number of aryl methyl sites for hydroxylation is 2. The smallest absolute Gasteiger partial charge is 0.0434 e. The van der Waals surface area contributed by atoms with E-state index in [0.29, 0.717) is 0 Å². The van der Waals surface area contributed by atoms with Gasteiger partial charge in [-0.25, -0.2) is 0 Å². The Morgan fingerprint density at radius 2 is 0.700 bits per heavy atom. The van der Waals surface area contributed by atoms with E-state index in [1.54, 1.807) is 0 Å². The van der Waals surface area contributed by atoms with Gasteiger partial charge in [-0.2, -0.15) is 0 Å². The largest absolute Gasteiger partial charge is 0.135 e. The SMILES string of the molecule is Cc1ccc(-c2cc3c(sc4cccc5c4c3c3cccc4sc6c7ccccc7c(-c7ccc(C)cc7)cc6c5c43)c3ccccc23)cc1. The molecule has 0 aliphatic carbocycles. The monoisotopic (exact) mass is 670 g/mol. The van der Waals surface area contributed by atoms with Gasteiger partial charge in [0, 0.05) is 61.9 Å². The Bertz CT molecular complexity index is 2970. The summed E-state index contributed by atoms with van der Waals surface area (Å²) in [6, 6.07) is 55.0. The molecule has 0 saturated carbocycles. The lowest BCUT2D eigenvalue weighted by molar-refractivity contribution is 1.47. The highest BCUT2D eigenvalue weighted by Gasteiger charge is 2.22. The van der Waals surface area contributed by atoms with Crippen molar-refractivity contribution in [1.82, 2.24) is 0 Å². The minimum absolute atomic E-state index is 1.26. The number of hydrogen-bond acceptors (Lipinski definition) is 2. The third kappa shape index (κ3) is 3.92. The summed E-state index contributed by atoms with van der Waals surface area (Å²) in [5, 5.41) is 16.1. The van der Waals surface area contributed by atoms with Crippen molar-refractivity contribution < 1.29 is 0 Å². The van der Waals surface area contributed by atoms with E-state index in [2.05, 4.69) is 159 Å². The second-order valence-corrected chi connectivity index (χ2v) is 15.8. The Morgan fingerprint density at radius 3 is 1.12 bits per heavy atom. The molecular formula is C48H30S2. The first kappa shape index (κ1) is 28.3. The van der Waals surface area contributed by atoms with E-state index in [1.165, 1.54) is 117 Å². The molecule has 2 heteroatoms. The minimum Gasteiger partial charge on any atom is -0.135 e. The number of rotatable bonds is 2. The second-order valence-electron chi connectivity index (χ2n) is 13.7. The number of fused-ring (bicyclic) bond motifs is 10. The van der Waals surface area contributed by atoms with Gasteiger partial charge in [-0.15, -0.1) is 22.7 Å². The Hall–Kier alpha value is -5.54. The summed E-state index contributed by atoms with van der Waals surface area (Å²) < 4.78 is 5.38. The van der Waals surface area contributed by atoms with Gasteiger partial charge in [0.05, 0.1) is 0 Å². The molecule has 11 aromatic rings.